The first kappa shape index (κ1) is 21.0. The summed E-state index contributed by atoms with van der Waals surface area (Å²) < 4.78 is 13.0. The smallest absolute Gasteiger partial charge is 0.139 e. The summed E-state index contributed by atoms with van der Waals surface area (Å²) in [6.07, 6.45) is 7.40. The quantitative estimate of drug-likeness (QED) is 0.574. The molecule has 3 heterocycles. The highest BCUT2D eigenvalue weighted by Crippen LogP contribution is 2.34. The van der Waals surface area contributed by atoms with Gasteiger partial charge in [-0.25, -0.2) is 4.98 Å². The van der Waals surface area contributed by atoms with Crippen molar-refractivity contribution in [3.05, 3.63) is 46.7 Å². The molecule has 1 aliphatic rings. The van der Waals surface area contributed by atoms with Crippen LogP contribution in [0.2, 0.25) is 5.02 Å². The van der Waals surface area contributed by atoms with Crippen LogP contribution in [-0.2, 0) is 11.2 Å². The molecule has 0 amide bonds. The van der Waals surface area contributed by atoms with Crippen molar-refractivity contribution in [1.82, 2.24) is 9.38 Å². The zero-order valence-electron chi connectivity index (χ0n) is 17.7. The summed E-state index contributed by atoms with van der Waals surface area (Å²) in [5, 5.41) is 0.589. The number of fused-ring (bicyclic) bond motifs is 1. The number of morpholine rings is 1. The van der Waals surface area contributed by atoms with Gasteiger partial charge in [0.25, 0.3) is 0 Å². The van der Waals surface area contributed by atoms with Gasteiger partial charge in [-0.1, -0.05) is 11.6 Å². The molecule has 7 heteroatoms. The minimum atomic E-state index is 0.589. The molecule has 4 rings (SSSR count). The Morgan fingerprint density at radius 1 is 1.17 bits per heavy atom. The molecule has 2 aromatic heterocycles. The summed E-state index contributed by atoms with van der Waals surface area (Å²) in [5.74, 6) is 0.679. The first-order valence-corrected chi connectivity index (χ1v) is 10.9. The van der Waals surface area contributed by atoms with E-state index in [1.54, 1.807) is 7.11 Å². The number of halogens is 1. The van der Waals surface area contributed by atoms with Gasteiger partial charge in [-0.05, 0) is 56.0 Å². The van der Waals surface area contributed by atoms with Gasteiger partial charge in [0.15, 0.2) is 0 Å². The van der Waals surface area contributed by atoms with E-state index >= 15 is 0 Å². The van der Waals surface area contributed by atoms with Gasteiger partial charge in [-0.2, -0.15) is 0 Å². The number of unbranched alkanes of at least 4 members (excludes halogenated alkanes) is 1. The van der Waals surface area contributed by atoms with E-state index < -0.39 is 0 Å². The number of benzene rings is 1. The maximum absolute atomic E-state index is 6.38. The molecule has 0 unspecified atom stereocenters. The Balaban J connectivity index is 1.75. The molecule has 30 heavy (non-hydrogen) atoms. The van der Waals surface area contributed by atoms with Crippen molar-refractivity contribution in [2.45, 2.75) is 26.2 Å². The van der Waals surface area contributed by atoms with Gasteiger partial charge in [0.05, 0.1) is 31.0 Å². The third kappa shape index (κ3) is 4.26. The maximum Gasteiger partial charge on any atom is 0.139 e. The standard InChI is InChI=1S/C23H29ClN4O2/c1-16-11-22(29-2)19(24)12-18(16)20-15-28-14-17(5-3-4-6-25)21(13-23(28)26-20)27-7-9-30-10-8-27/h11-15H,3-10,25H2,1-2H3. The number of nitrogens with zero attached hydrogens (tertiary/aromatic N) is 3. The Labute approximate surface area is 182 Å². The zero-order valence-corrected chi connectivity index (χ0v) is 18.4. The number of ether oxygens (including phenoxy) is 2. The van der Waals surface area contributed by atoms with Crippen LogP contribution in [0.1, 0.15) is 24.0 Å². The Kier molecular flexibility index (Phi) is 6.46. The second-order valence-electron chi connectivity index (χ2n) is 7.72. The van der Waals surface area contributed by atoms with Crippen LogP contribution in [0.25, 0.3) is 16.9 Å². The van der Waals surface area contributed by atoms with E-state index in [4.69, 9.17) is 31.8 Å². The molecule has 0 radical (unpaired) electrons. The topological polar surface area (TPSA) is 65.0 Å². The lowest BCUT2D eigenvalue weighted by atomic mass is 10.1. The van der Waals surface area contributed by atoms with E-state index in [0.29, 0.717) is 10.8 Å². The molecule has 3 aromatic rings. The van der Waals surface area contributed by atoms with E-state index in [-0.39, 0.29) is 0 Å². The van der Waals surface area contributed by atoms with Crippen molar-refractivity contribution in [3.8, 4) is 17.0 Å². The molecule has 160 valence electrons. The van der Waals surface area contributed by atoms with Gasteiger partial charge in [0.2, 0.25) is 0 Å². The minimum Gasteiger partial charge on any atom is -0.495 e. The average Bonchev–Trinajstić information content (AvgIpc) is 3.18. The van der Waals surface area contributed by atoms with Gasteiger partial charge in [0, 0.05) is 42.8 Å². The van der Waals surface area contributed by atoms with Crippen molar-refractivity contribution < 1.29 is 9.47 Å². The SMILES string of the molecule is COc1cc(C)c(-c2cn3cc(CCCCN)c(N4CCOCC4)cc3n2)cc1Cl. The minimum absolute atomic E-state index is 0.589. The monoisotopic (exact) mass is 428 g/mol. The predicted molar refractivity (Wildman–Crippen MR) is 122 cm³/mol. The molecule has 0 aliphatic carbocycles. The molecule has 0 atom stereocenters. The lowest BCUT2D eigenvalue weighted by molar-refractivity contribution is 0.122. The highest BCUT2D eigenvalue weighted by Gasteiger charge is 2.18. The number of imidazole rings is 1. The molecule has 6 nitrogen and oxygen atoms in total. The van der Waals surface area contributed by atoms with Gasteiger partial charge in [-0.15, -0.1) is 0 Å². The van der Waals surface area contributed by atoms with Crippen molar-refractivity contribution in [1.29, 1.82) is 0 Å². The van der Waals surface area contributed by atoms with E-state index in [0.717, 1.165) is 74.6 Å². The van der Waals surface area contributed by atoms with Crippen LogP contribution >= 0.6 is 11.6 Å². The van der Waals surface area contributed by atoms with E-state index in [1.165, 1.54) is 11.3 Å². The molecule has 2 N–H and O–H groups in total. The number of methoxy groups -OCH3 is 1. The van der Waals surface area contributed by atoms with Gasteiger partial charge >= 0.3 is 0 Å². The van der Waals surface area contributed by atoms with Gasteiger partial charge in [-0.3, -0.25) is 0 Å². The molecular formula is C23H29ClN4O2. The van der Waals surface area contributed by atoms with Crippen LogP contribution in [-0.4, -0.2) is 49.3 Å². The number of hydrogen-bond donors (Lipinski definition) is 1. The summed E-state index contributed by atoms with van der Waals surface area (Å²) >= 11 is 6.38. The Morgan fingerprint density at radius 2 is 1.97 bits per heavy atom. The number of aryl methyl sites for hydroxylation is 2. The summed E-state index contributed by atoms with van der Waals surface area (Å²) in [7, 11) is 1.63. The fourth-order valence-corrected chi connectivity index (χ4v) is 4.28. The lowest BCUT2D eigenvalue weighted by Crippen LogP contribution is -2.36. The maximum atomic E-state index is 6.38. The van der Waals surface area contributed by atoms with Gasteiger partial charge < -0.3 is 24.5 Å². The van der Waals surface area contributed by atoms with E-state index in [2.05, 4.69) is 34.7 Å². The first-order chi connectivity index (χ1) is 14.6. The van der Waals surface area contributed by atoms with Crippen LogP contribution in [0.5, 0.6) is 5.75 Å². The van der Waals surface area contributed by atoms with Crippen molar-refractivity contribution in [2.24, 2.45) is 5.73 Å². The summed E-state index contributed by atoms with van der Waals surface area (Å²) in [5.41, 5.74) is 12.2. The van der Waals surface area contributed by atoms with E-state index in [9.17, 15) is 0 Å². The summed E-state index contributed by atoms with van der Waals surface area (Å²) in [6, 6.07) is 6.09. The second-order valence-corrected chi connectivity index (χ2v) is 8.13. The molecule has 0 spiro atoms. The summed E-state index contributed by atoms with van der Waals surface area (Å²) in [6.45, 7) is 6.10. The van der Waals surface area contributed by atoms with Crippen molar-refractivity contribution in [2.75, 3.05) is 44.9 Å². The molecule has 0 bridgehead atoms. The highest BCUT2D eigenvalue weighted by molar-refractivity contribution is 6.32. The molecule has 0 saturated carbocycles. The second kappa shape index (κ2) is 9.25. The van der Waals surface area contributed by atoms with Crippen molar-refractivity contribution in [3.63, 3.8) is 0 Å². The Hall–Kier alpha value is -2.28. The van der Waals surface area contributed by atoms with E-state index in [1.807, 2.05) is 12.1 Å². The zero-order chi connectivity index (χ0) is 21.1. The molecule has 1 aromatic carbocycles. The lowest BCUT2D eigenvalue weighted by Gasteiger charge is -2.30. The normalized spacial score (nSPS) is 14.5. The number of rotatable bonds is 7. The van der Waals surface area contributed by atoms with Gasteiger partial charge in [0.1, 0.15) is 11.4 Å². The molecule has 1 fully saturated rings. The number of hydrogen-bond acceptors (Lipinski definition) is 5. The third-order valence-corrected chi connectivity index (χ3v) is 5.97. The average molecular weight is 429 g/mol. The first-order valence-electron chi connectivity index (χ1n) is 10.5. The largest absolute Gasteiger partial charge is 0.495 e. The summed E-state index contributed by atoms with van der Waals surface area (Å²) in [4.78, 5) is 7.33. The number of aromatic nitrogens is 2. The molecular weight excluding hydrogens is 400 g/mol. The Bertz CT molecular complexity index is 1030. The number of nitrogens with two attached hydrogens (primary N) is 1. The fourth-order valence-electron chi connectivity index (χ4n) is 4.04. The third-order valence-electron chi connectivity index (χ3n) is 5.68. The number of anilines is 1. The fraction of sp³-hybridized carbons (Fsp3) is 0.435. The van der Waals surface area contributed by atoms with Crippen LogP contribution in [0.4, 0.5) is 5.69 Å². The van der Waals surface area contributed by atoms with Crippen LogP contribution in [0.15, 0.2) is 30.6 Å². The Morgan fingerprint density at radius 3 is 2.70 bits per heavy atom. The number of pyridine rings is 1. The molecule has 1 saturated heterocycles. The highest BCUT2D eigenvalue weighted by atomic mass is 35.5. The molecule has 1 aliphatic heterocycles. The van der Waals surface area contributed by atoms with Crippen LogP contribution in [0.3, 0.4) is 0 Å². The van der Waals surface area contributed by atoms with Crippen LogP contribution < -0.4 is 15.4 Å². The van der Waals surface area contributed by atoms with Crippen molar-refractivity contribution >= 4 is 22.9 Å². The van der Waals surface area contributed by atoms with Crippen LogP contribution in [0, 0.1) is 6.92 Å². The predicted octanol–water partition coefficient (Wildman–Crippen LogP) is 4.09.